The van der Waals surface area contributed by atoms with E-state index in [1.165, 1.54) is 42.5 Å². The fourth-order valence-corrected chi connectivity index (χ4v) is 3.54. The number of carbonyl (C=O) groups is 2. The highest BCUT2D eigenvalue weighted by atomic mass is 32.2. The molecule has 6 N–H and O–H groups in total. The predicted octanol–water partition coefficient (Wildman–Crippen LogP) is 1.28. The zero-order valence-corrected chi connectivity index (χ0v) is 19.4. The molecule has 0 heterocycles. The highest BCUT2D eigenvalue weighted by molar-refractivity contribution is 7.89. The number of amides is 1. The van der Waals surface area contributed by atoms with Gasteiger partial charge in [-0.2, -0.15) is 12.6 Å². The van der Waals surface area contributed by atoms with Crippen LogP contribution in [0.2, 0.25) is 0 Å². The maximum Gasteiger partial charge on any atom is 0.292 e. The van der Waals surface area contributed by atoms with E-state index >= 15 is 0 Å². The molecule has 2 aromatic carbocycles. The molecule has 12 nitrogen and oxygen atoms in total. The Hall–Kier alpha value is -3.27. The van der Waals surface area contributed by atoms with Gasteiger partial charge in [0.25, 0.3) is 5.69 Å². The highest BCUT2D eigenvalue weighted by Gasteiger charge is 2.16. The van der Waals surface area contributed by atoms with Crippen LogP contribution in [0.15, 0.2) is 53.4 Å². The monoisotopic (exact) mass is 512 g/mol. The Morgan fingerprint density at radius 3 is 2.36 bits per heavy atom. The van der Waals surface area contributed by atoms with Gasteiger partial charge < -0.3 is 10.6 Å². The number of nitrogens with one attached hydrogen (secondary N) is 4. The molecular weight excluding hydrogens is 492 g/mol. The summed E-state index contributed by atoms with van der Waals surface area (Å²) in [6, 6.07) is 11.4. The van der Waals surface area contributed by atoms with Gasteiger partial charge in [-0.3, -0.25) is 30.6 Å². The van der Waals surface area contributed by atoms with Crippen LogP contribution in [0.1, 0.15) is 12.8 Å². The first-order valence-electron chi connectivity index (χ1n) is 9.14. The minimum atomic E-state index is -3.81. The minimum absolute atomic E-state index is 0.0571. The van der Waals surface area contributed by atoms with Crippen LogP contribution in [-0.4, -0.2) is 35.5 Å². The number of thiol groups is 1. The molecule has 33 heavy (non-hydrogen) atoms. The first kappa shape index (κ1) is 26.0. The van der Waals surface area contributed by atoms with Gasteiger partial charge in [0.1, 0.15) is 11.5 Å². The number of para-hydroxylation sites is 2. The van der Waals surface area contributed by atoms with Gasteiger partial charge in [0.15, 0.2) is 5.11 Å². The zero-order valence-electron chi connectivity index (χ0n) is 16.8. The van der Waals surface area contributed by atoms with E-state index in [2.05, 4.69) is 34.1 Å². The Kier molecular flexibility index (Phi) is 9.10. The highest BCUT2D eigenvalue weighted by Crippen LogP contribution is 2.22. The van der Waals surface area contributed by atoms with E-state index in [0.29, 0.717) is 5.69 Å². The maximum absolute atomic E-state index is 12.1. The van der Waals surface area contributed by atoms with Crippen molar-refractivity contribution in [2.45, 2.75) is 23.1 Å². The molecule has 0 bridgehead atoms. The van der Waals surface area contributed by atoms with Gasteiger partial charge in [-0.25, -0.2) is 13.6 Å². The largest absolute Gasteiger partial charge is 0.373 e. The van der Waals surface area contributed by atoms with Crippen molar-refractivity contribution in [2.75, 3.05) is 10.6 Å². The molecule has 2 rings (SSSR count). The second kappa shape index (κ2) is 11.6. The number of nitro benzene ring substituents is 1. The smallest absolute Gasteiger partial charge is 0.292 e. The molecule has 0 aliphatic heterocycles. The van der Waals surface area contributed by atoms with Gasteiger partial charge in [-0.15, -0.1) is 0 Å². The summed E-state index contributed by atoms with van der Waals surface area (Å²) >= 11 is 9.22. The standard InChI is InChI=1S/C18H20N6O6S3/c19-33(29,30)13-7-5-11(6-8-13)20-17(31)10-12(25)9-16(26)22-23-18(32)21-14-3-1-2-4-15(14)24(27)28/h1-8,17,20,31H,9-10H2,(H,22,26)(H2,19,29,30)(H2,21,23,32). The number of rotatable bonds is 9. The van der Waals surface area contributed by atoms with Gasteiger partial charge in [0.2, 0.25) is 15.9 Å². The number of hydrazine groups is 1. The van der Waals surface area contributed by atoms with E-state index in [-0.39, 0.29) is 27.8 Å². The first-order valence-corrected chi connectivity index (χ1v) is 11.6. The Morgan fingerprint density at radius 1 is 1.12 bits per heavy atom. The number of benzene rings is 2. The third-order valence-electron chi connectivity index (χ3n) is 3.96. The summed E-state index contributed by atoms with van der Waals surface area (Å²) in [5.74, 6) is -1.11. The summed E-state index contributed by atoms with van der Waals surface area (Å²) in [5, 5.41) is 20.8. The molecule has 0 saturated heterocycles. The van der Waals surface area contributed by atoms with E-state index in [0.717, 1.165) is 0 Å². The molecule has 0 fully saturated rings. The maximum atomic E-state index is 12.1. The third-order valence-corrected chi connectivity index (χ3v) is 5.40. The lowest BCUT2D eigenvalue weighted by Gasteiger charge is -2.14. The van der Waals surface area contributed by atoms with Crippen molar-refractivity contribution >= 4 is 68.7 Å². The fourth-order valence-electron chi connectivity index (χ4n) is 2.51. The number of ketones is 1. The first-order chi connectivity index (χ1) is 15.5. The van der Waals surface area contributed by atoms with E-state index in [1.54, 1.807) is 6.07 Å². The second-order valence-corrected chi connectivity index (χ2v) is 9.14. The Morgan fingerprint density at radius 2 is 1.76 bits per heavy atom. The Bertz CT molecular complexity index is 1160. The Balaban J connectivity index is 1.77. The molecule has 0 spiro atoms. The number of hydrogen-bond acceptors (Lipinski definition) is 9. The van der Waals surface area contributed by atoms with Crippen LogP contribution in [0.4, 0.5) is 17.1 Å². The number of hydrogen-bond donors (Lipinski definition) is 6. The van der Waals surface area contributed by atoms with Crippen molar-refractivity contribution in [3.8, 4) is 0 Å². The van der Waals surface area contributed by atoms with Crippen LogP contribution in [0, 0.1) is 10.1 Å². The van der Waals surface area contributed by atoms with Crippen LogP contribution < -0.4 is 26.6 Å². The molecule has 176 valence electrons. The van der Waals surface area contributed by atoms with Crippen LogP contribution in [0.25, 0.3) is 0 Å². The molecule has 0 aromatic heterocycles. The van der Waals surface area contributed by atoms with Crippen LogP contribution in [0.3, 0.4) is 0 Å². The average molecular weight is 513 g/mol. The number of carbonyl (C=O) groups excluding carboxylic acids is 2. The number of primary sulfonamides is 1. The Labute approximate surface area is 199 Å². The van der Waals surface area contributed by atoms with Gasteiger partial charge in [0, 0.05) is 18.2 Å². The summed E-state index contributed by atoms with van der Waals surface area (Å²) in [6.07, 6.45) is -0.573. The summed E-state index contributed by atoms with van der Waals surface area (Å²) in [5.41, 5.74) is 5.03. The fraction of sp³-hybridized carbons (Fsp3) is 0.167. The van der Waals surface area contributed by atoms with Crippen molar-refractivity contribution in [3.05, 3.63) is 58.6 Å². The zero-order chi connectivity index (χ0) is 24.6. The molecule has 2 aromatic rings. The molecule has 0 saturated carbocycles. The van der Waals surface area contributed by atoms with Gasteiger partial charge in [0.05, 0.1) is 21.6 Å². The van der Waals surface area contributed by atoms with Crippen LogP contribution >= 0.6 is 24.8 Å². The quantitative estimate of drug-likeness (QED) is 0.0714. The molecule has 0 aliphatic rings. The van der Waals surface area contributed by atoms with Crippen molar-refractivity contribution < 1.29 is 22.9 Å². The SMILES string of the molecule is NS(=O)(=O)c1ccc(NC(S)CC(=O)CC(=O)NNC(=S)Nc2ccccc2[N+](=O)[O-])cc1. The lowest BCUT2D eigenvalue weighted by molar-refractivity contribution is -0.383. The van der Waals surface area contributed by atoms with E-state index in [1.807, 2.05) is 0 Å². The van der Waals surface area contributed by atoms with Crippen LogP contribution in [-0.2, 0) is 19.6 Å². The molecular formula is C18H20N6O6S3. The molecule has 1 amide bonds. The number of nitrogens with two attached hydrogens (primary N) is 1. The number of thiocarbonyl (C=S) groups is 1. The van der Waals surface area contributed by atoms with Crippen molar-refractivity contribution in [3.63, 3.8) is 0 Å². The topological polar surface area (TPSA) is 186 Å². The molecule has 0 aliphatic carbocycles. The van der Waals surface area contributed by atoms with Crippen molar-refractivity contribution in [1.29, 1.82) is 0 Å². The lowest BCUT2D eigenvalue weighted by Crippen LogP contribution is -2.44. The summed E-state index contributed by atoms with van der Waals surface area (Å²) < 4.78 is 22.5. The second-order valence-electron chi connectivity index (χ2n) is 6.55. The number of Topliss-reactive ketones (excluding diaryl/α,β-unsaturated/α-hetero) is 1. The lowest BCUT2D eigenvalue weighted by atomic mass is 10.2. The normalized spacial score (nSPS) is 11.7. The van der Waals surface area contributed by atoms with Gasteiger partial charge in [-0.1, -0.05) is 12.1 Å². The number of nitro groups is 1. The van der Waals surface area contributed by atoms with E-state index in [4.69, 9.17) is 17.4 Å². The molecule has 15 heteroatoms. The number of nitrogens with zero attached hydrogens (tertiary/aromatic N) is 1. The number of anilines is 2. The number of sulfonamides is 1. The molecule has 1 unspecified atom stereocenters. The van der Waals surface area contributed by atoms with Gasteiger partial charge in [-0.05, 0) is 42.5 Å². The van der Waals surface area contributed by atoms with Crippen molar-refractivity contribution in [2.24, 2.45) is 5.14 Å². The summed E-state index contributed by atoms with van der Waals surface area (Å²) in [4.78, 5) is 34.4. The van der Waals surface area contributed by atoms with Gasteiger partial charge >= 0.3 is 0 Å². The molecule has 0 radical (unpaired) electrons. The molecule has 1 atom stereocenters. The minimum Gasteiger partial charge on any atom is -0.373 e. The third kappa shape index (κ3) is 8.64. The summed E-state index contributed by atoms with van der Waals surface area (Å²) in [6.45, 7) is 0. The average Bonchev–Trinajstić information content (AvgIpc) is 2.72. The van der Waals surface area contributed by atoms with Crippen LogP contribution in [0.5, 0.6) is 0 Å². The predicted molar refractivity (Wildman–Crippen MR) is 129 cm³/mol. The van der Waals surface area contributed by atoms with E-state index in [9.17, 15) is 28.1 Å². The summed E-state index contributed by atoms with van der Waals surface area (Å²) in [7, 11) is -3.81. The van der Waals surface area contributed by atoms with E-state index < -0.39 is 38.4 Å². The van der Waals surface area contributed by atoms with Crippen molar-refractivity contribution in [1.82, 2.24) is 10.9 Å².